The summed E-state index contributed by atoms with van der Waals surface area (Å²) < 4.78 is 14.3. The van der Waals surface area contributed by atoms with Crippen LogP contribution in [0.4, 0.5) is 10.1 Å². The van der Waals surface area contributed by atoms with Crippen molar-refractivity contribution in [1.82, 2.24) is 0 Å². The van der Waals surface area contributed by atoms with E-state index in [4.69, 9.17) is 11.6 Å². The quantitative estimate of drug-likeness (QED) is 0.594. The number of benzene rings is 2. The molecular weight excluding hydrogens is 357 g/mol. The maximum Gasteiger partial charge on any atom is 0.252 e. The van der Waals surface area contributed by atoms with Crippen LogP contribution in [0.3, 0.4) is 0 Å². The Morgan fingerprint density at radius 2 is 1.64 bits per heavy atom. The van der Waals surface area contributed by atoms with Crippen molar-refractivity contribution in [1.29, 1.82) is 0 Å². The predicted molar refractivity (Wildman–Crippen MR) is 109 cm³/mol. The highest BCUT2D eigenvalue weighted by molar-refractivity contribution is 8.02. The number of anilines is 1. The molecule has 0 radical (unpaired) electrons. The molecule has 0 spiro atoms. The van der Waals surface area contributed by atoms with E-state index in [9.17, 15) is 9.18 Å². The number of halogens is 2. The number of hydrogen-bond donors (Lipinski definition) is 1. The minimum absolute atomic E-state index is 0.0536. The van der Waals surface area contributed by atoms with Crippen molar-refractivity contribution in [3.8, 4) is 11.1 Å². The summed E-state index contributed by atoms with van der Waals surface area (Å²) in [4.78, 5) is 13.3. The van der Waals surface area contributed by atoms with E-state index in [0.29, 0.717) is 22.4 Å². The van der Waals surface area contributed by atoms with Crippen molar-refractivity contribution in [2.24, 2.45) is 0 Å². The molecule has 0 saturated heterocycles. The van der Waals surface area contributed by atoms with Crippen molar-refractivity contribution in [2.45, 2.75) is 27.7 Å². The lowest BCUT2D eigenvalue weighted by Crippen LogP contribution is -2.14. The second kappa shape index (κ2) is 10.3. The summed E-state index contributed by atoms with van der Waals surface area (Å²) >= 11 is 7.38. The summed E-state index contributed by atoms with van der Waals surface area (Å²) in [6.07, 6.45) is 1.92. The molecule has 25 heavy (non-hydrogen) atoms. The zero-order valence-corrected chi connectivity index (χ0v) is 16.7. The molecule has 0 saturated carbocycles. The third-order valence-corrected chi connectivity index (χ3v) is 4.80. The Kier molecular flexibility index (Phi) is 8.73. The number of thioether (sulfide) groups is 1. The number of allylic oxidation sites excluding steroid dienone is 1. The predicted octanol–water partition coefficient (Wildman–Crippen LogP) is 6.77. The molecule has 0 unspecified atom stereocenters. The molecule has 0 aliphatic rings. The van der Waals surface area contributed by atoms with Crippen LogP contribution >= 0.6 is 23.4 Å². The van der Waals surface area contributed by atoms with Gasteiger partial charge in [0.05, 0.1) is 5.02 Å². The molecule has 2 aromatic carbocycles. The van der Waals surface area contributed by atoms with E-state index < -0.39 is 5.82 Å². The highest BCUT2D eigenvalue weighted by Crippen LogP contribution is 2.33. The minimum atomic E-state index is -0.497. The van der Waals surface area contributed by atoms with Crippen LogP contribution < -0.4 is 5.32 Å². The average Bonchev–Trinajstić information content (AvgIpc) is 2.65. The number of hydrogen-bond acceptors (Lipinski definition) is 2. The molecule has 0 bridgehead atoms. The van der Waals surface area contributed by atoms with Crippen LogP contribution in [0.15, 0.2) is 52.9 Å². The Hall–Kier alpha value is -1.78. The first-order chi connectivity index (χ1) is 12.0. The van der Waals surface area contributed by atoms with E-state index in [1.807, 2.05) is 27.0 Å². The first kappa shape index (κ1) is 21.3. The van der Waals surface area contributed by atoms with Crippen LogP contribution in [0.1, 0.15) is 27.7 Å². The van der Waals surface area contributed by atoms with E-state index in [1.165, 1.54) is 17.8 Å². The zero-order valence-electron chi connectivity index (χ0n) is 15.1. The van der Waals surface area contributed by atoms with Gasteiger partial charge in [-0.3, -0.25) is 4.79 Å². The summed E-state index contributed by atoms with van der Waals surface area (Å²) in [5.41, 5.74) is 2.14. The number of para-hydroxylation sites is 1. The van der Waals surface area contributed by atoms with Gasteiger partial charge in [0.1, 0.15) is 5.82 Å². The van der Waals surface area contributed by atoms with Crippen LogP contribution in [0.25, 0.3) is 11.1 Å². The Labute approximate surface area is 158 Å². The first-order valence-corrected chi connectivity index (χ1v) is 9.62. The normalized spacial score (nSPS) is 11.2. The van der Waals surface area contributed by atoms with Crippen molar-refractivity contribution in [3.05, 3.63) is 63.8 Å². The fourth-order valence-corrected chi connectivity index (χ4v) is 2.64. The molecule has 0 aliphatic heterocycles. The third kappa shape index (κ3) is 5.35. The molecule has 134 valence electrons. The van der Waals surface area contributed by atoms with Crippen molar-refractivity contribution < 1.29 is 9.18 Å². The largest absolute Gasteiger partial charge is 0.322 e. The van der Waals surface area contributed by atoms with Crippen molar-refractivity contribution in [2.75, 3.05) is 11.6 Å². The van der Waals surface area contributed by atoms with E-state index >= 15 is 0 Å². The molecule has 0 fully saturated rings. The number of rotatable bonds is 4. The molecule has 2 nitrogen and oxygen atoms in total. The van der Waals surface area contributed by atoms with Crippen LogP contribution in [0, 0.1) is 5.82 Å². The third-order valence-electron chi connectivity index (χ3n) is 3.59. The Morgan fingerprint density at radius 3 is 2.28 bits per heavy atom. The van der Waals surface area contributed by atoms with Gasteiger partial charge >= 0.3 is 0 Å². The monoisotopic (exact) mass is 379 g/mol. The molecular formula is C20H23ClFNOS. The van der Waals surface area contributed by atoms with E-state index in [1.54, 1.807) is 43.3 Å². The molecule has 0 aliphatic carbocycles. The van der Waals surface area contributed by atoms with Gasteiger partial charge in [0.15, 0.2) is 0 Å². The summed E-state index contributed by atoms with van der Waals surface area (Å²) in [6, 6.07) is 11.9. The van der Waals surface area contributed by atoms with Crippen molar-refractivity contribution >= 4 is 35.0 Å². The van der Waals surface area contributed by atoms with Crippen LogP contribution in [-0.2, 0) is 4.79 Å². The fraction of sp³-hybridized carbons (Fsp3) is 0.250. The average molecular weight is 380 g/mol. The smallest absolute Gasteiger partial charge is 0.252 e. The maximum absolute atomic E-state index is 14.3. The number of carbonyl (C=O) groups excluding carboxylic acids is 1. The topological polar surface area (TPSA) is 29.1 Å². The lowest BCUT2D eigenvalue weighted by atomic mass is 10.0. The fourth-order valence-electron chi connectivity index (χ4n) is 2.07. The van der Waals surface area contributed by atoms with Gasteiger partial charge in [-0.2, -0.15) is 0 Å². The summed E-state index contributed by atoms with van der Waals surface area (Å²) in [7, 11) is 0. The molecule has 0 atom stereocenters. The standard InChI is InChI=1S/C18H17ClFNOS.C2H6/c1-11(12(2)23-3)18(22)21-16-10-5-4-7-13(16)14-8-6-9-15(19)17(14)20;1-2/h4-10H,1-3H3,(H,21,22);1-2H3/b12-11+;. The molecule has 5 heteroatoms. The minimum Gasteiger partial charge on any atom is -0.322 e. The second-order valence-electron chi connectivity index (χ2n) is 4.99. The molecule has 1 N–H and O–H groups in total. The molecule has 1 amide bonds. The first-order valence-electron chi connectivity index (χ1n) is 8.02. The van der Waals surface area contributed by atoms with Gasteiger partial charge in [-0.05, 0) is 37.1 Å². The maximum atomic E-state index is 14.3. The van der Waals surface area contributed by atoms with E-state index in [0.717, 1.165) is 4.91 Å². The lowest BCUT2D eigenvalue weighted by Gasteiger charge is -2.13. The summed E-state index contributed by atoms with van der Waals surface area (Å²) in [5, 5.41) is 2.90. The van der Waals surface area contributed by atoms with Gasteiger partial charge in [0.25, 0.3) is 5.91 Å². The summed E-state index contributed by atoms with van der Waals surface area (Å²) in [6.45, 7) is 7.66. The van der Waals surface area contributed by atoms with Crippen LogP contribution in [0.2, 0.25) is 5.02 Å². The molecule has 0 heterocycles. The molecule has 2 aromatic rings. The van der Waals surface area contributed by atoms with E-state index in [2.05, 4.69) is 5.32 Å². The highest BCUT2D eigenvalue weighted by Gasteiger charge is 2.15. The van der Waals surface area contributed by atoms with Gasteiger partial charge in [0, 0.05) is 22.4 Å². The van der Waals surface area contributed by atoms with Gasteiger partial charge in [-0.25, -0.2) is 4.39 Å². The Balaban J connectivity index is 0.00000151. The summed E-state index contributed by atoms with van der Waals surface area (Å²) in [5.74, 6) is -0.699. The zero-order chi connectivity index (χ0) is 19.0. The number of nitrogens with one attached hydrogen (secondary N) is 1. The SMILES string of the molecule is CC.CS/C(C)=C(\C)C(=O)Nc1ccccc1-c1cccc(Cl)c1F. The van der Waals surface area contributed by atoms with Gasteiger partial charge in [0.2, 0.25) is 0 Å². The Morgan fingerprint density at radius 1 is 1.04 bits per heavy atom. The van der Waals surface area contributed by atoms with Gasteiger partial charge < -0.3 is 5.32 Å². The van der Waals surface area contributed by atoms with Gasteiger partial charge in [-0.1, -0.05) is 55.8 Å². The van der Waals surface area contributed by atoms with Crippen LogP contribution in [-0.4, -0.2) is 12.2 Å². The van der Waals surface area contributed by atoms with Crippen molar-refractivity contribution in [3.63, 3.8) is 0 Å². The van der Waals surface area contributed by atoms with Crippen LogP contribution in [0.5, 0.6) is 0 Å². The number of carbonyl (C=O) groups is 1. The highest BCUT2D eigenvalue weighted by atomic mass is 35.5. The number of amides is 1. The Bertz CT molecular complexity index is 774. The second-order valence-corrected chi connectivity index (χ2v) is 6.41. The molecule has 2 rings (SSSR count). The molecule has 0 aromatic heterocycles. The van der Waals surface area contributed by atoms with Gasteiger partial charge in [-0.15, -0.1) is 11.8 Å². The lowest BCUT2D eigenvalue weighted by molar-refractivity contribution is -0.112. The van der Waals surface area contributed by atoms with E-state index in [-0.39, 0.29) is 10.9 Å².